The summed E-state index contributed by atoms with van der Waals surface area (Å²) in [4.78, 5) is 27.4. The van der Waals surface area contributed by atoms with Gasteiger partial charge >= 0.3 is 0 Å². The van der Waals surface area contributed by atoms with E-state index in [1.165, 1.54) is 10.9 Å². The molecule has 1 unspecified atom stereocenters. The molecule has 1 aromatic rings. The van der Waals surface area contributed by atoms with Gasteiger partial charge in [-0.05, 0) is 36.4 Å². The first-order valence-electron chi connectivity index (χ1n) is 4.75. The molecular weight excluding hydrogens is 307 g/mol. The van der Waals surface area contributed by atoms with E-state index in [2.05, 4.69) is 4.98 Å². The van der Waals surface area contributed by atoms with Crippen LogP contribution in [0.1, 0.15) is 32.0 Å². The van der Waals surface area contributed by atoms with Crippen molar-refractivity contribution in [2.45, 2.75) is 33.2 Å². The Bertz CT molecular complexity index is 440. The van der Waals surface area contributed by atoms with Crippen LogP contribution in [-0.4, -0.2) is 15.3 Å². The van der Waals surface area contributed by atoms with Gasteiger partial charge in [0.2, 0.25) is 0 Å². The summed E-state index contributed by atoms with van der Waals surface area (Å²) in [5.41, 5.74) is 0.561. The van der Waals surface area contributed by atoms with Gasteiger partial charge in [0, 0.05) is 6.42 Å². The van der Waals surface area contributed by atoms with Gasteiger partial charge in [-0.15, -0.1) is 0 Å². The fourth-order valence-electron chi connectivity index (χ4n) is 1.25. The predicted octanol–water partition coefficient (Wildman–Crippen LogP) is 1.70. The van der Waals surface area contributed by atoms with E-state index in [0.717, 1.165) is 0 Å². The van der Waals surface area contributed by atoms with Crippen molar-refractivity contribution in [1.82, 2.24) is 9.55 Å². The quantitative estimate of drug-likeness (QED) is 0.797. The number of nitrogens with zero attached hydrogens (tertiary/aromatic N) is 2. The third-order valence-corrected chi connectivity index (χ3v) is 3.59. The minimum absolute atomic E-state index is 0.0403. The lowest BCUT2D eigenvalue weighted by Crippen LogP contribution is -2.30. The van der Waals surface area contributed by atoms with Crippen molar-refractivity contribution in [2.75, 3.05) is 0 Å². The van der Waals surface area contributed by atoms with Crippen molar-refractivity contribution < 1.29 is 4.79 Å². The molecule has 0 aliphatic carbocycles. The smallest absolute Gasteiger partial charge is 0.267 e. The van der Waals surface area contributed by atoms with Crippen LogP contribution in [0, 0.1) is 10.5 Å². The Morgan fingerprint density at radius 3 is 2.80 bits per heavy atom. The van der Waals surface area contributed by atoms with Crippen LogP contribution >= 0.6 is 22.6 Å². The molecule has 0 aliphatic rings. The molecule has 5 heteroatoms. The Morgan fingerprint density at radius 2 is 2.27 bits per heavy atom. The van der Waals surface area contributed by atoms with E-state index < -0.39 is 6.04 Å². The second-order valence-corrected chi connectivity index (χ2v) is 4.43. The molecule has 4 nitrogen and oxygen atoms in total. The van der Waals surface area contributed by atoms with Crippen LogP contribution in [0.5, 0.6) is 0 Å². The first kappa shape index (κ1) is 12.4. The Kier molecular flexibility index (Phi) is 4.01. The second kappa shape index (κ2) is 4.87. The van der Waals surface area contributed by atoms with E-state index in [0.29, 0.717) is 15.7 Å². The minimum atomic E-state index is -0.427. The number of aromatic nitrogens is 2. The van der Waals surface area contributed by atoms with Crippen LogP contribution < -0.4 is 5.56 Å². The monoisotopic (exact) mass is 320 g/mol. The highest BCUT2D eigenvalue weighted by Crippen LogP contribution is 2.08. The Morgan fingerprint density at radius 1 is 1.67 bits per heavy atom. The number of ketones is 1. The first-order chi connectivity index (χ1) is 6.99. The topological polar surface area (TPSA) is 52.0 Å². The lowest BCUT2D eigenvalue weighted by atomic mass is 10.1. The molecule has 0 N–H and O–H groups in total. The Labute approximate surface area is 102 Å². The standard InChI is InChI=1S/C10H13IN2O2/c1-4-8(14)7(3)13-5-12-6(2)9(11)10(13)15/h5,7H,4H2,1-3H3. The van der Waals surface area contributed by atoms with Crippen LogP contribution in [0.2, 0.25) is 0 Å². The molecule has 0 saturated carbocycles. The first-order valence-corrected chi connectivity index (χ1v) is 5.82. The highest BCUT2D eigenvalue weighted by molar-refractivity contribution is 14.1. The lowest BCUT2D eigenvalue weighted by molar-refractivity contribution is -0.121. The largest absolute Gasteiger partial charge is 0.297 e. The maximum absolute atomic E-state index is 11.8. The molecule has 0 bridgehead atoms. The molecule has 15 heavy (non-hydrogen) atoms. The van der Waals surface area contributed by atoms with Crippen LogP contribution in [0.3, 0.4) is 0 Å². The highest BCUT2D eigenvalue weighted by Gasteiger charge is 2.16. The van der Waals surface area contributed by atoms with Crippen molar-refractivity contribution in [2.24, 2.45) is 0 Å². The molecule has 0 fully saturated rings. The number of carbonyl (C=O) groups excluding carboxylic acids is 1. The molecule has 1 heterocycles. The summed E-state index contributed by atoms with van der Waals surface area (Å²) in [6, 6.07) is -0.427. The second-order valence-electron chi connectivity index (χ2n) is 3.35. The maximum atomic E-state index is 11.8. The summed E-state index contributed by atoms with van der Waals surface area (Å²) >= 11 is 1.96. The molecule has 0 amide bonds. The third kappa shape index (κ3) is 2.45. The summed E-state index contributed by atoms with van der Waals surface area (Å²) in [5.74, 6) is 0.0403. The summed E-state index contributed by atoms with van der Waals surface area (Å²) in [5, 5.41) is 0. The summed E-state index contributed by atoms with van der Waals surface area (Å²) in [7, 11) is 0. The van der Waals surface area contributed by atoms with Gasteiger partial charge in [0.15, 0.2) is 5.78 Å². The number of hydrogen-bond donors (Lipinski definition) is 0. The zero-order valence-electron chi connectivity index (χ0n) is 8.95. The normalized spacial score (nSPS) is 12.5. The molecule has 0 aliphatic heterocycles. The van der Waals surface area contributed by atoms with E-state index in [4.69, 9.17) is 0 Å². The van der Waals surface area contributed by atoms with Crippen molar-refractivity contribution in [3.8, 4) is 0 Å². The number of hydrogen-bond acceptors (Lipinski definition) is 3. The predicted molar refractivity (Wildman–Crippen MR) is 66.0 cm³/mol. The molecule has 0 spiro atoms. The summed E-state index contributed by atoms with van der Waals surface area (Å²) in [6.07, 6.45) is 1.87. The molecule has 0 aromatic carbocycles. The van der Waals surface area contributed by atoms with Gasteiger partial charge in [0.1, 0.15) is 0 Å². The average Bonchev–Trinajstić information content (AvgIpc) is 2.24. The van der Waals surface area contributed by atoms with Crippen molar-refractivity contribution in [1.29, 1.82) is 0 Å². The van der Waals surface area contributed by atoms with E-state index in [9.17, 15) is 9.59 Å². The lowest BCUT2D eigenvalue weighted by Gasteiger charge is -2.13. The van der Waals surface area contributed by atoms with Crippen molar-refractivity contribution in [3.63, 3.8) is 0 Å². The average molecular weight is 320 g/mol. The van der Waals surface area contributed by atoms with Crippen LogP contribution in [0.4, 0.5) is 0 Å². The van der Waals surface area contributed by atoms with E-state index in [-0.39, 0.29) is 11.3 Å². The van der Waals surface area contributed by atoms with Gasteiger partial charge in [0.05, 0.1) is 21.6 Å². The molecule has 1 aromatic heterocycles. The fourth-order valence-corrected chi connectivity index (χ4v) is 1.67. The molecule has 0 radical (unpaired) electrons. The van der Waals surface area contributed by atoms with Crippen LogP contribution in [0.25, 0.3) is 0 Å². The molecule has 0 saturated heterocycles. The third-order valence-electron chi connectivity index (χ3n) is 2.35. The Hall–Kier alpha value is -0.720. The molecule has 82 valence electrons. The van der Waals surface area contributed by atoms with E-state index in [1.54, 1.807) is 20.8 Å². The van der Waals surface area contributed by atoms with Gasteiger partial charge < -0.3 is 0 Å². The number of Topliss-reactive ketones (excluding diaryl/α,β-unsaturated/α-hetero) is 1. The van der Waals surface area contributed by atoms with Gasteiger partial charge in [0.25, 0.3) is 5.56 Å². The Balaban J connectivity index is 3.22. The van der Waals surface area contributed by atoms with Gasteiger partial charge in [-0.1, -0.05) is 6.92 Å². The fraction of sp³-hybridized carbons (Fsp3) is 0.500. The van der Waals surface area contributed by atoms with Crippen LogP contribution in [0.15, 0.2) is 11.1 Å². The van der Waals surface area contributed by atoms with Crippen molar-refractivity contribution in [3.05, 3.63) is 25.9 Å². The number of aryl methyl sites for hydroxylation is 1. The van der Waals surface area contributed by atoms with Crippen LogP contribution in [-0.2, 0) is 4.79 Å². The summed E-state index contributed by atoms with van der Waals surface area (Å²) < 4.78 is 1.96. The zero-order valence-corrected chi connectivity index (χ0v) is 11.1. The minimum Gasteiger partial charge on any atom is -0.297 e. The van der Waals surface area contributed by atoms with Gasteiger partial charge in [-0.2, -0.15) is 0 Å². The van der Waals surface area contributed by atoms with Crippen molar-refractivity contribution >= 4 is 28.4 Å². The number of carbonyl (C=O) groups is 1. The van der Waals surface area contributed by atoms with Gasteiger partial charge in [-0.25, -0.2) is 4.98 Å². The van der Waals surface area contributed by atoms with Gasteiger partial charge in [-0.3, -0.25) is 14.2 Å². The summed E-state index contributed by atoms with van der Waals surface area (Å²) in [6.45, 7) is 5.29. The number of rotatable bonds is 3. The molecule has 1 rings (SSSR count). The molecule has 1 atom stereocenters. The molecular formula is C10H13IN2O2. The SMILES string of the molecule is CCC(=O)C(C)n1cnc(C)c(I)c1=O. The zero-order chi connectivity index (χ0) is 11.6. The maximum Gasteiger partial charge on any atom is 0.267 e. The highest BCUT2D eigenvalue weighted by atomic mass is 127. The van der Waals surface area contributed by atoms with E-state index in [1.807, 2.05) is 22.6 Å². The van der Waals surface area contributed by atoms with E-state index >= 15 is 0 Å². The number of halogens is 1.